The number of piperazine rings is 1. The maximum atomic E-state index is 12.6. The molecule has 0 N–H and O–H groups in total. The Bertz CT molecular complexity index is 998. The Balaban J connectivity index is 1.29. The molecule has 8 heteroatoms. The third-order valence-electron chi connectivity index (χ3n) is 5.08. The zero-order valence-corrected chi connectivity index (χ0v) is 17.9. The summed E-state index contributed by atoms with van der Waals surface area (Å²) in [4.78, 5) is 16.8. The number of rotatable bonds is 6. The molecule has 0 unspecified atom stereocenters. The van der Waals surface area contributed by atoms with Gasteiger partial charge in [-0.1, -0.05) is 41.6 Å². The molecule has 7 nitrogen and oxygen atoms in total. The van der Waals surface area contributed by atoms with Crippen LogP contribution in [0.25, 0.3) is 11.5 Å². The lowest BCUT2D eigenvalue weighted by molar-refractivity contribution is -0.128. The zero-order chi connectivity index (χ0) is 20.9. The molecule has 0 bridgehead atoms. The van der Waals surface area contributed by atoms with Crippen LogP contribution < -0.4 is 9.64 Å². The van der Waals surface area contributed by atoms with Crippen molar-refractivity contribution in [2.75, 3.05) is 43.9 Å². The second kappa shape index (κ2) is 9.21. The predicted molar refractivity (Wildman–Crippen MR) is 117 cm³/mol. The van der Waals surface area contributed by atoms with E-state index < -0.39 is 0 Å². The molecule has 0 saturated carbocycles. The van der Waals surface area contributed by atoms with Crippen LogP contribution in [0, 0.1) is 6.92 Å². The highest BCUT2D eigenvalue weighted by Crippen LogP contribution is 2.29. The van der Waals surface area contributed by atoms with Crippen LogP contribution in [0.15, 0.2) is 58.2 Å². The lowest BCUT2D eigenvalue weighted by Gasteiger charge is -2.36. The fraction of sp³-hybridized carbons (Fsp3) is 0.318. The molecule has 1 aliphatic rings. The number of hydrogen-bond acceptors (Lipinski definition) is 7. The van der Waals surface area contributed by atoms with E-state index in [0.29, 0.717) is 24.2 Å². The number of nitrogens with zero attached hydrogens (tertiary/aromatic N) is 4. The number of aromatic nitrogens is 2. The second-order valence-electron chi connectivity index (χ2n) is 7.07. The number of ether oxygens (including phenoxy) is 1. The van der Waals surface area contributed by atoms with Gasteiger partial charge < -0.3 is 19.0 Å². The van der Waals surface area contributed by atoms with Gasteiger partial charge in [0.2, 0.25) is 11.8 Å². The topological polar surface area (TPSA) is 71.7 Å². The minimum atomic E-state index is 0.0785. The van der Waals surface area contributed by atoms with E-state index in [1.54, 1.807) is 7.11 Å². The Labute approximate surface area is 180 Å². The van der Waals surface area contributed by atoms with Crippen molar-refractivity contribution in [1.82, 2.24) is 15.1 Å². The van der Waals surface area contributed by atoms with E-state index in [1.807, 2.05) is 60.4 Å². The Morgan fingerprint density at radius 2 is 1.80 bits per heavy atom. The highest BCUT2D eigenvalue weighted by atomic mass is 32.2. The molecule has 0 aliphatic carbocycles. The Kier molecular flexibility index (Phi) is 6.23. The molecule has 1 amide bonds. The van der Waals surface area contributed by atoms with Crippen molar-refractivity contribution in [3.63, 3.8) is 0 Å². The van der Waals surface area contributed by atoms with E-state index in [4.69, 9.17) is 9.15 Å². The van der Waals surface area contributed by atoms with Crippen LogP contribution in [0.2, 0.25) is 0 Å². The van der Waals surface area contributed by atoms with Crippen molar-refractivity contribution in [2.24, 2.45) is 0 Å². The van der Waals surface area contributed by atoms with E-state index in [-0.39, 0.29) is 11.7 Å². The van der Waals surface area contributed by atoms with Gasteiger partial charge in [-0.2, -0.15) is 0 Å². The summed E-state index contributed by atoms with van der Waals surface area (Å²) in [7, 11) is 1.68. The predicted octanol–water partition coefficient (Wildman–Crippen LogP) is 3.49. The van der Waals surface area contributed by atoms with Crippen LogP contribution >= 0.6 is 11.8 Å². The zero-order valence-electron chi connectivity index (χ0n) is 17.1. The van der Waals surface area contributed by atoms with Crippen molar-refractivity contribution in [2.45, 2.75) is 12.1 Å². The molecule has 30 heavy (non-hydrogen) atoms. The monoisotopic (exact) mass is 424 g/mol. The van der Waals surface area contributed by atoms with Crippen molar-refractivity contribution in [1.29, 1.82) is 0 Å². The van der Waals surface area contributed by atoms with Crippen molar-refractivity contribution in [3.8, 4) is 17.2 Å². The lowest BCUT2D eigenvalue weighted by Crippen LogP contribution is -2.49. The van der Waals surface area contributed by atoms with Gasteiger partial charge in [0.25, 0.3) is 5.22 Å². The van der Waals surface area contributed by atoms with E-state index in [1.165, 1.54) is 17.3 Å². The first kappa shape index (κ1) is 20.3. The van der Waals surface area contributed by atoms with Crippen molar-refractivity contribution in [3.05, 3.63) is 54.1 Å². The van der Waals surface area contributed by atoms with Gasteiger partial charge in [-0.3, -0.25) is 4.79 Å². The fourth-order valence-electron chi connectivity index (χ4n) is 3.38. The van der Waals surface area contributed by atoms with Gasteiger partial charge in [-0.15, -0.1) is 10.2 Å². The standard InChI is InChI=1S/C22H24N4O3S/c1-16-7-9-17(10-8-16)21-23-24-22(29-21)30-15-20(27)26-13-11-25(12-14-26)18-5-3-4-6-19(18)28-2/h3-10H,11-15H2,1-2H3. The summed E-state index contributed by atoms with van der Waals surface area (Å²) in [6.45, 7) is 4.93. The molecule has 0 atom stereocenters. The Morgan fingerprint density at radius 3 is 2.53 bits per heavy atom. The van der Waals surface area contributed by atoms with Crippen LogP contribution in [0.3, 0.4) is 0 Å². The number of amides is 1. The number of anilines is 1. The van der Waals surface area contributed by atoms with Crippen LogP contribution in [0.4, 0.5) is 5.69 Å². The second-order valence-corrected chi connectivity index (χ2v) is 7.99. The summed E-state index contributed by atoms with van der Waals surface area (Å²) in [6, 6.07) is 15.9. The fourth-order valence-corrected chi connectivity index (χ4v) is 4.05. The summed E-state index contributed by atoms with van der Waals surface area (Å²) in [5, 5.41) is 8.55. The molecule has 1 aliphatic heterocycles. The van der Waals surface area contributed by atoms with Crippen LogP contribution in [-0.4, -0.2) is 60.0 Å². The molecule has 1 aromatic heterocycles. The number of carbonyl (C=O) groups excluding carboxylic acids is 1. The summed E-state index contributed by atoms with van der Waals surface area (Å²) >= 11 is 1.28. The molecular formula is C22H24N4O3S. The largest absolute Gasteiger partial charge is 0.495 e. The molecule has 1 fully saturated rings. The van der Waals surface area contributed by atoms with E-state index in [2.05, 4.69) is 15.1 Å². The third kappa shape index (κ3) is 4.59. The number of aryl methyl sites for hydroxylation is 1. The minimum absolute atomic E-state index is 0.0785. The molecular weight excluding hydrogens is 400 g/mol. The SMILES string of the molecule is COc1ccccc1N1CCN(C(=O)CSc2nnc(-c3ccc(C)cc3)o2)CC1. The van der Waals surface area contributed by atoms with Gasteiger partial charge in [0.1, 0.15) is 5.75 Å². The quantitative estimate of drug-likeness (QED) is 0.561. The number of thioether (sulfide) groups is 1. The van der Waals surface area contributed by atoms with Gasteiger partial charge in [-0.05, 0) is 31.2 Å². The number of hydrogen-bond donors (Lipinski definition) is 0. The summed E-state index contributed by atoms with van der Waals surface area (Å²) in [5.74, 6) is 1.68. The van der Waals surface area contributed by atoms with E-state index in [0.717, 1.165) is 30.1 Å². The number of methoxy groups -OCH3 is 1. The Hall–Kier alpha value is -3.00. The van der Waals surface area contributed by atoms with Gasteiger partial charge in [0.05, 0.1) is 18.6 Å². The smallest absolute Gasteiger partial charge is 0.277 e. The first-order valence-corrected chi connectivity index (χ1v) is 10.8. The minimum Gasteiger partial charge on any atom is -0.495 e. The van der Waals surface area contributed by atoms with Gasteiger partial charge >= 0.3 is 0 Å². The van der Waals surface area contributed by atoms with Gasteiger partial charge in [0, 0.05) is 31.7 Å². The number of carbonyl (C=O) groups is 1. The summed E-state index contributed by atoms with van der Waals surface area (Å²) < 4.78 is 11.1. The first-order valence-electron chi connectivity index (χ1n) is 9.83. The molecule has 1 saturated heterocycles. The number of benzene rings is 2. The molecule has 3 aromatic rings. The molecule has 0 spiro atoms. The number of para-hydroxylation sites is 2. The molecule has 4 rings (SSSR count). The van der Waals surface area contributed by atoms with Gasteiger partial charge in [0.15, 0.2) is 0 Å². The third-order valence-corrected chi connectivity index (χ3v) is 5.89. The average Bonchev–Trinajstić information content (AvgIpc) is 3.27. The summed E-state index contributed by atoms with van der Waals surface area (Å²) in [5.41, 5.74) is 3.11. The molecule has 156 valence electrons. The lowest BCUT2D eigenvalue weighted by atomic mass is 10.1. The highest BCUT2D eigenvalue weighted by molar-refractivity contribution is 7.99. The highest BCUT2D eigenvalue weighted by Gasteiger charge is 2.23. The van der Waals surface area contributed by atoms with Crippen LogP contribution in [-0.2, 0) is 4.79 Å². The van der Waals surface area contributed by atoms with Gasteiger partial charge in [-0.25, -0.2) is 0 Å². The van der Waals surface area contributed by atoms with Crippen molar-refractivity contribution < 1.29 is 13.9 Å². The molecule has 2 heterocycles. The summed E-state index contributed by atoms with van der Waals surface area (Å²) in [6.07, 6.45) is 0. The maximum Gasteiger partial charge on any atom is 0.277 e. The average molecular weight is 425 g/mol. The Morgan fingerprint density at radius 1 is 1.07 bits per heavy atom. The van der Waals surface area contributed by atoms with Crippen LogP contribution in [0.1, 0.15) is 5.56 Å². The van der Waals surface area contributed by atoms with E-state index >= 15 is 0 Å². The first-order chi connectivity index (χ1) is 14.6. The maximum absolute atomic E-state index is 12.6. The van der Waals surface area contributed by atoms with E-state index in [9.17, 15) is 4.79 Å². The molecule has 0 radical (unpaired) electrons. The van der Waals surface area contributed by atoms with Crippen molar-refractivity contribution >= 4 is 23.4 Å². The normalized spacial score (nSPS) is 14.1. The molecule has 2 aromatic carbocycles. The van der Waals surface area contributed by atoms with Crippen LogP contribution in [0.5, 0.6) is 5.75 Å².